The molecule has 0 saturated carbocycles. The van der Waals surface area contributed by atoms with E-state index in [1.807, 2.05) is 46.8 Å². The van der Waals surface area contributed by atoms with Crippen LogP contribution < -0.4 is 5.32 Å². The number of benzene rings is 1. The van der Waals surface area contributed by atoms with E-state index >= 15 is 0 Å². The summed E-state index contributed by atoms with van der Waals surface area (Å²) in [6.45, 7) is 11.4. The van der Waals surface area contributed by atoms with E-state index in [9.17, 15) is 18.0 Å². The number of sulfonamides is 1. The van der Waals surface area contributed by atoms with Crippen molar-refractivity contribution in [2.45, 2.75) is 65.2 Å². The molecule has 0 aromatic heterocycles. The van der Waals surface area contributed by atoms with Gasteiger partial charge in [-0.2, -0.15) is 4.31 Å². The first kappa shape index (κ1) is 25.3. The quantitative estimate of drug-likeness (QED) is 0.625. The molecule has 1 aromatic rings. The average molecular weight is 452 g/mol. The van der Waals surface area contributed by atoms with Crippen LogP contribution in [0.15, 0.2) is 17.0 Å². The standard InChI is InChI=1S/C23H37N3O4S/c1-6-10-24-21(27)16-25(11-7-2)23(28)20-8-12-26(13-9-20)31(29,30)22-18(4)14-17(3)15-19(22)5/h14-15,20H,6-13,16H2,1-5H3,(H,24,27). The minimum atomic E-state index is -3.60. The van der Waals surface area contributed by atoms with E-state index in [0.717, 1.165) is 29.5 Å². The number of piperidine rings is 1. The van der Waals surface area contributed by atoms with Crippen molar-refractivity contribution in [3.63, 3.8) is 0 Å². The van der Waals surface area contributed by atoms with Crippen LogP contribution in [0.1, 0.15) is 56.2 Å². The van der Waals surface area contributed by atoms with Crippen LogP contribution in [0, 0.1) is 26.7 Å². The number of aryl methyl sites for hydroxylation is 3. The van der Waals surface area contributed by atoms with Gasteiger partial charge in [-0.3, -0.25) is 9.59 Å². The van der Waals surface area contributed by atoms with Crippen molar-refractivity contribution in [2.24, 2.45) is 5.92 Å². The highest BCUT2D eigenvalue weighted by Crippen LogP contribution is 2.29. The van der Waals surface area contributed by atoms with Crippen LogP contribution in [-0.4, -0.2) is 62.2 Å². The number of carbonyl (C=O) groups excluding carboxylic acids is 2. The van der Waals surface area contributed by atoms with Crippen molar-refractivity contribution in [3.05, 3.63) is 28.8 Å². The molecular formula is C23H37N3O4S. The first-order valence-corrected chi connectivity index (χ1v) is 12.7. The van der Waals surface area contributed by atoms with E-state index in [4.69, 9.17) is 0 Å². The molecule has 1 saturated heterocycles. The van der Waals surface area contributed by atoms with E-state index in [1.54, 1.807) is 4.90 Å². The van der Waals surface area contributed by atoms with E-state index in [2.05, 4.69) is 5.32 Å². The number of amides is 2. The molecule has 0 atom stereocenters. The second-order valence-corrected chi connectivity index (χ2v) is 10.4. The lowest BCUT2D eigenvalue weighted by atomic mass is 9.96. The van der Waals surface area contributed by atoms with Crippen molar-refractivity contribution >= 4 is 21.8 Å². The van der Waals surface area contributed by atoms with E-state index in [-0.39, 0.29) is 24.3 Å². The normalized spacial score (nSPS) is 15.6. The zero-order chi connectivity index (χ0) is 23.2. The molecule has 1 fully saturated rings. The molecule has 2 rings (SSSR count). The number of hydrogen-bond acceptors (Lipinski definition) is 4. The fraction of sp³-hybridized carbons (Fsp3) is 0.652. The fourth-order valence-electron chi connectivity index (χ4n) is 4.33. The van der Waals surface area contributed by atoms with Gasteiger partial charge in [-0.15, -0.1) is 0 Å². The van der Waals surface area contributed by atoms with Gasteiger partial charge in [0.15, 0.2) is 0 Å². The number of hydrogen-bond donors (Lipinski definition) is 1. The molecule has 174 valence electrons. The highest BCUT2D eigenvalue weighted by molar-refractivity contribution is 7.89. The highest BCUT2D eigenvalue weighted by Gasteiger charge is 2.35. The Hall–Kier alpha value is -1.93. The molecule has 7 nitrogen and oxygen atoms in total. The first-order chi connectivity index (χ1) is 14.6. The Morgan fingerprint density at radius 2 is 1.65 bits per heavy atom. The lowest BCUT2D eigenvalue weighted by Gasteiger charge is -2.34. The molecule has 1 aliphatic heterocycles. The largest absolute Gasteiger partial charge is 0.355 e. The van der Waals surface area contributed by atoms with Crippen LogP contribution in [-0.2, 0) is 19.6 Å². The molecule has 1 aliphatic rings. The summed E-state index contributed by atoms with van der Waals surface area (Å²) in [7, 11) is -3.60. The average Bonchev–Trinajstić information content (AvgIpc) is 2.70. The molecule has 31 heavy (non-hydrogen) atoms. The second kappa shape index (κ2) is 11.1. The summed E-state index contributed by atoms with van der Waals surface area (Å²) in [5, 5.41) is 2.82. The third kappa shape index (κ3) is 6.29. The van der Waals surface area contributed by atoms with Gasteiger partial charge in [-0.1, -0.05) is 31.5 Å². The monoisotopic (exact) mass is 451 g/mol. The smallest absolute Gasteiger partial charge is 0.243 e. The van der Waals surface area contributed by atoms with Crippen LogP contribution in [0.5, 0.6) is 0 Å². The van der Waals surface area contributed by atoms with Crippen LogP contribution in [0.25, 0.3) is 0 Å². The lowest BCUT2D eigenvalue weighted by Crippen LogP contribution is -2.47. The minimum absolute atomic E-state index is 0.0479. The molecule has 8 heteroatoms. The maximum Gasteiger partial charge on any atom is 0.243 e. The summed E-state index contributed by atoms with van der Waals surface area (Å²) >= 11 is 0. The molecule has 1 N–H and O–H groups in total. The van der Waals surface area contributed by atoms with Gasteiger partial charge in [0.05, 0.1) is 11.4 Å². The van der Waals surface area contributed by atoms with Gasteiger partial charge in [0.2, 0.25) is 21.8 Å². The number of carbonyl (C=O) groups is 2. The summed E-state index contributed by atoms with van der Waals surface area (Å²) in [4.78, 5) is 27.2. The SMILES string of the molecule is CCCNC(=O)CN(CCC)C(=O)C1CCN(S(=O)(=O)c2c(C)cc(C)cc2C)CC1. The van der Waals surface area contributed by atoms with E-state index in [0.29, 0.717) is 43.9 Å². The van der Waals surface area contributed by atoms with Crippen molar-refractivity contribution in [1.29, 1.82) is 0 Å². The molecule has 0 spiro atoms. The lowest BCUT2D eigenvalue weighted by molar-refractivity contribution is -0.140. The van der Waals surface area contributed by atoms with Gasteiger partial charge >= 0.3 is 0 Å². The van der Waals surface area contributed by atoms with Gasteiger partial charge < -0.3 is 10.2 Å². The van der Waals surface area contributed by atoms with Crippen molar-refractivity contribution in [3.8, 4) is 0 Å². The maximum atomic E-state index is 13.3. The third-order valence-corrected chi connectivity index (χ3v) is 7.92. The van der Waals surface area contributed by atoms with Gasteiger partial charge in [-0.25, -0.2) is 8.42 Å². The Balaban J connectivity index is 2.06. The zero-order valence-corrected chi connectivity index (χ0v) is 20.3. The van der Waals surface area contributed by atoms with Gasteiger partial charge in [-0.05, 0) is 57.6 Å². The predicted molar refractivity (Wildman–Crippen MR) is 122 cm³/mol. The topological polar surface area (TPSA) is 86.8 Å². The molecule has 0 bridgehead atoms. The number of nitrogens with one attached hydrogen (secondary N) is 1. The van der Waals surface area contributed by atoms with Crippen molar-refractivity contribution in [1.82, 2.24) is 14.5 Å². The minimum Gasteiger partial charge on any atom is -0.355 e. The summed E-state index contributed by atoms with van der Waals surface area (Å²) in [6.07, 6.45) is 2.56. The highest BCUT2D eigenvalue weighted by atomic mass is 32.2. The summed E-state index contributed by atoms with van der Waals surface area (Å²) < 4.78 is 28.1. The molecule has 1 aromatic carbocycles. The Morgan fingerprint density at radius 1 is 1.06 bits per heavy atom. The summed E-state index contributed by atoms with van der Waals surface area (Å²) in [5.74, 6) is -0.445. The van der Waals surface area contributed by atoms with Crippen LogP contribution in [0.2, 0.25) is 0 Å². The summed E-state index contributed by atoms with van der Waals surface area (Å²) in [6, 6.07) is 3.78. The van der Waals surface area contributed by atoms with Crippen LogP contribution >= 0.6 is 0 Å². The molecular weight excluding hydrogens is 414 g/mol. The predicted octanol–water partition coefficient (Wildman–Crippen LogP) is 2.78. The Kier molecular flexibility index (Phi) is 9.06. The maximum absolute atomic E-state index is 13.3. The van der Waals surface area contributed by atoms with E-state index in [1.165, 1.54) is 4.31 Å². The van der Waals surface area contributed by atoms with E-state index < -0.39 is 10.0 Å². The third-order valence-electron chi connectivity index (χ3n) is 5.72. The molecule has 0 aliphatic carbocycles. The zero-order valence-electron chi connectivity index (χ0n) is 19.5. The van der Waals surface area contributed by atoms with Gasteiger partial charge in [0.1, 0.15) is 0 Å². The number of nitrogens with zero attached hydrogens (tertiary/aromatic N) is 2. The van der Waals surface area contributed by atoms with Crippen LogP contribution in [0.3, 0.4) is 0 Å². The Labute approximate surface area is 187 Å². The van der Waals surface area contributed by atoms with Gasteiger partial charge in [0.25, 0.3) is 0 Å². The molecule has 1 heterocycles. The van der Waals surface area contributed by atoms with Crippen molar-refractivity contribution < 1.29 is 18.0 Å². The summed E-state index contributed by atoms with van der Waals surface area (Å²) in [5.41, 5.74) is 2.54. The fourth-order valence-corrected chi connectivity index (χ4v) is 6.22. The number of rotatable bonds is 9. The second-order valence-electron chi connectivity index (χ2n) is 8.52. The molecule has 0 radical (unpaired) electrons. The Morgan fingerprint density at radius 3 is 2.16 bits per heavy atom. The van der Waals surface area contributed by atoms with Crippen LogP contribution in [0.4, 0.5) is 0 Å². The molecule has 2 amide bonds. The molecule has 0 unspecified atom stereocenters. The van der Waals surface area contributed by atoms with Crippen molar-refractivity contribution in [2.75, 3.05) is 32.7 Å². The first-order valence-electron chi connectivity index (χ1n) is 11.2. The Bertz CT molecular complexity index is 867. The van der Waals surface area contributed by atoms with Gasteiger partial charge in [0, 0.05) is 32.1 Å².